The average molecular weight is 468 g/mol. The third-order valence-electron chi connectivity index (χ3n) is 6.35. The minimum Gasteiger partial charge on any atom is -0.497 e. The second-order valence-electron chi connectivity index (χ2n) is 8.52. The summed E-state index contributed by atoms with van der Waals surface area (Å²) in [6.07, 6.45) is 3.04. The maximum absolute atomic E-state index is 13.5. The molecule has 0 radical (unpaired) electrons. The summed E-state index contributed by atoms with van der Waals surface area (Å²) >= 11 is 0. The first-order valence-corrected chi connectivity index (χ1v) is 11.7. The number of nitrogens with zero attached hydrogens (tertiary/aromatic N) is 3. The SMILES string of the molecule is CCOC(=O)[C@H]1CCCCN1CC(=O)N1N=C(c2ccc(F)cc2)C[C@H]1c1ccc(OC)cc1. The van der Waals surface area contributed by atoms with Crippen LogP contribution in [-0.4, -0.2) is 60.3 Å². The lowest BCUT2D eigenvalue weighted by molar-refractivity contribution is -0.152. The Hall–Kier alpha value is -3.26. The van der Waals surface area contributed by atoms with Gasteiger partial charge in [-0.1, -0.05) is 30.7 Å². The van der Waals surface area contributed by atoms with Gasteiger partial charge in [-0.05, 0) is 61.7 Å². The van der Waals surface area contributed by atoms with Crippen LogP contribution in [0.3, 0.4) is 0 Å². The van der Waals surface area contributed by atoms with E-state index in [1.54, 1.807) is 26.2 Å². The summed E-state index contributed by atoms with van der Waals surface area (Å²) in [5.41, 5.74) is 2.42. The van der Waals surface area contributed by atoms with Gasteiger partial charge in [0.25, 0.3) is 5.91 Å². The van der Waals surface area contributed by atoms with Crippen LogP contribution in [0.5, 0.6) is 5.75 Å². The van der Waals surface area contributed by atoms with Crippen LogP contribution in [0.1, 0.15) is 49.8 Å². The topological polar surface area (TPSA) is 71.4 Å². The van der Waals surface area contributed by atoms with E-state index in [1.165, 1.54) is 17.1 Å². The van der Waals surface area contributed by atoms with Gasteiger partial charge in [0.1, 0.15) is 17.6 Å². The van der Waals surface area contributed by atoms with E-state index in [0.29, 0.717) is 26.0 Å². The number of hydrogen-bond acceptors (Lipinski definition) is 6. The number of amides is 1. The second kappa shape index (κ2) is 10.8. The van der Waals surface area contributed by atoms with Gasteiger partial charge in [0.05, 0.1) is 32.0 Å². The molecule has 2 aliphatic heterocycles. The van der Waals surface area contributed by atoms with Crippen LogP contribution in [0.4, 0.5) is 4.39 Å². The Kier molecular flexibility index (Phi) is 7.57. The van der Waals surface area contributed by atoms with Gasteiger partial charge in [0.15, 0.2) is 0 Å². The molecule has 0 aromatic heterocycles. The van der Waals surface area contributed by atoms with Crippen LogP contribution in [-0.2, 0) is 14.3 Å². The highest BCUT2D eigenvalue weighted by molar-refractivity contribution is 6.03. The Morgan fingerprint density at radius 3 is 2.50 bits per heavy atom. The summed E-state index contributed by atoms with van der Waals surface area (Å²) in [4.78, 5) is 27.9. The molecule has 0 N–H and O–H groups in total. The van der Waals surface area contributed by atoms with Gasteiger partial charge in [0, 0.05) is 6.42 Å². The number of hydrazone groups is 1. The molecule has 0 spiro atoms. The first-order valence-electron chi connectivity index (χ1n) is 11.7. The van der Waals surface area contributed by atoms with Crippen molar-refractivity contribution in [1.29, 1.82) is 0 Å². The first-order chi connectivity index (χ1) is 16.5. The molecule has 2 aromatic carbocycles. The number of carbonyl (C=O) groups is 2. The molecule has 8 heteroatoms. The monoisotopic (exact) mass is 467 g/mol. The molecule has 2 aliphatic rings. The molecule has 1 fully saturated rings. The van der Waals surface area contributed by atoms with Crippen LogP contribution in [0.15, 0.2) is 53.6 Å². The van der Waals surface area contributed by atoms with Gasteiger partial charge in [-0.15, -0.1) is 0 Å². The number of halogens is 1. The number of hydrogen-bond donors (Lipinski definition) is 0. The molecule has 1 amide bonds. The molecule has 7 nitrogen and oxygen atoms in total. The Morgan fingerprint density at radius 1 is 1.09 bits per heavy atom. The van der Waals surface area contributed by atoms with Gasteiger partial charge in [0.2, 0.25) is 0 Å². The Morgan fingerprint density at radius 2 is 1.82 bits per heavy atom. The highest BCUT2D eigenvalue weighted by Gasteiger charge is 2.37. The van der Waals surface area contributed by atoms with Crippen molar-refractivity contribution in [3.63, 3.8) is 0 Å². The Bertz CT molecular complexity index is 1040. The van der Waals surface area contributed by atoms with Gasteiger partial charge in [-0.25, -0.2) is 9.40 Å². The van der Waals surface area contributed by atoms with Gasteiger partial charge >= 0.3 is 5.97 Å². The van der Waals surface area contributed by atoms with Crippen molar-refractivity contribution >= 4 is 17.6 Å². The van der Waals surface area contributed by atoms with Gasteiger partial charge < -0.3 is 9.47 Å². The van der Waals surface area contributed by atoms with Crippen LogP contribution in [0.2, 0.25) is 0 Å². The van der Waals surface area contributed by atoms with Crippen molar-refractivity contribution in [2.24, 2.45) is 5.10 Å². The maximum atomic E-state index is 13.5. The molecule has 2 heterocycles. The minimum absolute atomic E-state index is 0.0797. The smallest absolute Gasteiger partial charge is 0.323 e. The van der Waals surface area contributed by atoms with Crippen molar-refractivity contribution < 1.29 is 23.5 Å². The summed E-state index contributed by atoms with van der Waals surface area (Å²) in [5, 5.41) is 6.18. The van der Waals surface area contributed by atoms with Crippen LogP contribution in [0, 0.1) is 5.82 Å². The molecule has 0 aliphatic carbocycles. The Labute approximate surface area is 199 Å². The van der Waals surface area contributed by atoms with E-state index >= 15 is 0 Å². The summed E-state index contributed by atoms with van der Waals surface area (Å²) in [6.45, 7) is 2.83. The number of rotatable bonds is 7. The number of carbonyl (C=O) groups excluding carboxylic acids is 2. The van der Waals surface area contributed by atoms with E-state index in [2.05, 4.69) is 5.10 Å². The number of piperidine rings is 1. The number of esters is 1. The summed E-state index contributed by atoms with van der Waals surface area (Å²) in [7, 11) is 1.61. The molecule has 34 heavy (non-hydrogen) atoms. The third-order valence-corrected chi connectivity index (χ3v) is 6.35. The fraction of sp³-hybridized carbons (Fsp3) is 0.423. The van der Waals surface area contributed by atoms with Crippen LogP contribution in [0.25, 0.3) is 0 Å². The number of ether oxygens (including phenoxy) is 2. The van der Waals surface area contributed by atoms with Crippen molar-refractivity contribution in [2.75, 3.05) is 26.8 Å². The fourth-order valence-corrected chi connectivity index (χ4v) is 4.57. The number of benzene rings is 2. The molecular weight excluding hydrogens is 437 g/mol. The molecule has 2 atom stereocenters. The first kappa shape index (κ1) is 23.9. The van der Waals surface area contributed by atoms with Crippen molar-refractivity contribution in [1.82, 2.24) is 9.91 Å². The summed E-state index contributed by atoms with van der Waals surface area (Å²) in [5.74, 6) is -0.0604. The van der Waals surface area contributed by atoms with Crippen LogP contribution >= 0.6 is 0 Å². The number of methoxy groups -OCH3 is 1. The molecule has 4 rings (SSSR count). The van der Waals surface area contributed by atoms with Gasteiger partial charge in [-0.3, -0.25) is 14.5 Å². The molecule has 180 valence electrons. The predicted octanol–water partition coefficient (Wildman–Crippen LogP) is 3.93. The standard InChI is InChI=1S/C26H30FN3O4/c1-3-34-26(32)23-6-4-5-15-29(23)17-25(31)30-24(19-9-13-21(33-2)14-10-19)16-22(28-30)18-7-11-20(27)12-8-18/h7-14,23-24H,3-6,15-17H2,1-2H3/t23-,24+/m1/s1. The van der Waals surface area contributed by atoms with Crippen molar-refractivity contribution in [3.8, 4) is 5.75 Å². The zero-order valence-corrected chi connectivity index (χ0v) is 19.6. The predicted molar refractivity (Wildman–Crippen MR) is 126 cm³/mol. The summed E-state index contributed by atoms with van der Waals surface area (Å²) < 4.78 is 24.0. The maximum Gasteiger partial charge on any atom is 0.323 e. The largest absolute Gasteiger partial charge is 0.497 e. The zero-order valence-electron chi connectivity index (χ0n) is 19.6. The molecule has 0 bridgehead atoms. The highest BCUT2D eigenvalue weighted by Crippen LogP contribution is 2.34. The molecule has 0 unspecified atom stereocenters. The zero-order chi connectivity index (χ0) is 24.1. The quantitative estimate of drug-likeness (QED) is 0.577. The normalized spacial score (nSPS) is 20.7. The molecule has 0 saturated carbocycles. The molecule has 1 saturated heterocycles. The lowest BCUT2D eigenvalue weighted by Gasteiger charge is -2.34. The van der Waals surface area contributed by atoms with E-state index in [1.807, 2.05) is 29.2 Å². The van der Waals surface area contributed by atoms with E-state index in [0.717, 1.165) is 35.4 Å². The van der Waals surface area contributed by atoms with E-state index < -0.39 is 6.04 Å². The van der Waals surface area contributed by atoms with Crippen molar-refractivity contribution in [2.45, 2.75) is 44.7 Å². The Balaban J connectivity index is 1.59. The lowest BCUT2D eigenvalue weighted by atomic mass is 9.98. The average Bonchev–Trinajstić information content (AvgIpc) is 3.31. The third kappa shape index (κ3) is 5.28. The van der Waals surface area contributed by atoms with Gasteiger partial charge in [-0.2, -0.15) is 5.10 Å². The summed E-state index contributed by atoms with van der Waals surface area (Å²) in [6, 6.07) is 13.0. The lowest BCUT2D eigenvalue weighted by Crippen LogP contribution is -2.49. The van der Waals surface area contributed by atoms with Crippen molar-refractivity contribution in [3.05, 3.63) is 65.5 Å². The minimum atomic E-state index is -0.416. The molecule has 2 aromatic rings. The second-order valence-corrected chi connectivity index (χ2v) is 8.52. The van der Waals surface area contributed by atoms with Crippen LogP contribution < -0.4 is 4.74 Å². The fourth-order valence-electron chi connectivity index (χ4n) is 4.57. The molecular formula is C26H30FN3O4. The van der Waals surface area contributed by atoms with E-state index in [9.17, 15) is 14.0 Å². The number of likely N-dealkylation sites (tertiary alicyclic amines) is 1. The highest BCUT2D eigenvalue weighted by atomic mass is 19.1. The van der Waals surface area contributed by atoms with E-state index in [4.69, 9.17) is 9.47 Å². The van der Waals surface area contributed by atoms with E-state index in [-0.39, 0.29) is 30.3 Å².